The quantitative estimate of drug-likeness (QED) is 0.0175. The fraction of sp³-hybridized carbons (Fsp3) is 0.410. The molecule has 6 aromatic rings. The molecule has 5 amide bonds. The lowest BCUT2D eigenvalue weighted by Gasteiger charge is -2.27. The average molecular weight is 1140 g/mol. The van der Waals surface area contributed by atoms with E-state index in [0.717, 1.165) is 36.3 Å². The highest BCUT2D eigenvalue weighted by molar-refractivity contribution is 6.25. The van der Waals surface area contributed by atoms with Gasteiger partial charge in [0.2, 0.25) is 11.8 Å². The molecule has 83 heavy (non-hydrogen) atoms. The summed E-state index contributed by atoms with van der Waals surface area (Å²) in [4.78, 5) is 77.2. The van der Waals surface area contributed by atoms with Gasteiger partial charge in [0.25, 0.3) is 17.7 Å². The summed E-state index contributed by atoms with van der Waals surface area (Å²) in [6, 6.07) is 26.5. The largest absolute Gasteiger partial charge is 0.494 e. The van der Waals surface area contributed by atoms with Crippen LogP contribution in [0.1, 0.15) is 114 Å². The molecule has 1 saturated heterocycles. The van der Waals surface area contributed by atoms with Crippen molar-refractivity contribution in [2.75, 3.05) is 63.4 Å². The maximum absolute atomic E-state index is 14.7. The lowest BCUT2D eigenvalue weighted by molar-refractivity contribution is -0.140. The molecule has 0 saturated carbocycles. The van der Waals surface area contributed by atoms with Gasteiger partial charge >= 0.3 is 5.97 Å². The van der Waals surface area contributed by atoms with E-state index >= 15 is 0 Å². The van der Waals surface area contributed by atoms with Gasteiger partial charge < -0.3 is 49.5 Å². The third kappa shape index (κ3) is 16.3. The molecule has 6 N–H and O–H groups in total. The molecule has 1 unspecified atom stereocenters. The molecule has 2 aliphatic rings. The molecule has 0 aliphatic carbocycles. The van der Waals surface area contributed by atoms with Crippen LogP contribution in [0.25, 0.3) is 22.4 Å². The summed E-state index contributed by atoms with van der Waals surface area (Å²) < 4.78 is 41.6. The molecular weight excluding hydrogens is 1070 g/mol. The van der Waals surface area contributed by atoms with E-state index in [9.17, 15) is 48.5 Å². The Kier molecular flexibility index (Phi) is 21.8. The lowest BCUT2D eigenvalue weighted by Crippen LogP contribution is -2.54. The Morgan fingerprint density at radius 1 is 0.783 bits per heavy atom. The number of carbonyl (C=O) groups is 6. The molecule has 440 valence electrons. The molecular formula is C61H71FN8O13. The number of aromatic nitrogens is 4. The van der Waals surface area contributed by atoms with Gasteiger partial charge in [-0.15, -0.1) is 5.10 Å². The standard InChI is InChI=1S/C61H71FN8O13/c1-39(2)56-55(59(77)64-43-12-5-3-6-13-43)53(57(40-18-20-42(62)21-19-40)69(56)26-24-45(71)36-46(72)37-52(74)75)41-11-9-15-47(35-41)83-28-8-4-7-14-44-38-68(67-66-44)27-30-81-32-34-82-33-31-80-29-25-63-49-17-10-16-48-54(49)61(79)70(60(48)78)50-22-23-51(73)65-58(50)76/h3,5-6,9-13,15-21,35,38-39,45-46,50,63,71-72H,4,7-8,14,22-34,36-37H2,1-2H3,(H,64,77)(H,74,75)(H,65,73,76)/t45-,46-,50?/m1/s1. The van der Waals surface area contributed by atoms with Crippen LogP contribution in [0.3, 0.4) is 0 Å². The number of unbranched alkanes of at least 4 members (excludes halogenated alkanes) is 2. The van der Waals surface area contributed by atoms with Crippen molar-refractivity contribution in [3.05, 3.63) is 137 Å². The molecule has 0 bridgehead atoms. The number of aryl methyl sites for hydroxylation is 1. The average Bonchev–Trinajstić information content (AvgIpc) is 4.35. The van der Waals surface area contributed by atoms with Crippen LogP contribution in [-0.4, -0.2) is 146 Å². The van der Waals surface area contributed by atoms with E-state index in [1.165, 1.54) is 12.1 Å². The molecule has 1 fully saturated rings. The molecule has 21 nitrogen and oxygen atoms in total. The molecule has 2 aliphatic heterocycles. The second-order valence-electron chi connectivity index (χ2n) is 20.6. The van der Waals surface area contributed by atoms with Crippen molar-refractivity contribution in [1.29, 1.82) is 0 Å². The Hall–Kier alpha value is -8.15. The maximum atomic E-state index is 14.7. The SMILES string of the molecule is CC(C)c1c(C(=O)Nc2ccccc2)c(-c2cccc(OCCCCCc3cn(CCOCCOCCOCCNc4cccc5c4C(=O)N(C4CCC(=O)NC4=O)C5=O)nn3)c2)c(-c2ccc(F)cc2)n1CC[C@@H](O)C[C@@H](O)CC(=O)O. The number of aliphatic hydroxyl groups excluding tert-OH is 2. The number of amides is 5. The summed E-state index contributed by atoms with van der Waals surface area (Å²) in [6.45, 7) is 7.61. The number of nitrogens with one attached hydrogen (secondary N) is 3. The second kappa shape index (κ2) is 29.7. The normalized spacial score (nSPS) is 14.9. The van der Waals surface area contributed by atoms with Gasteiger partial charge in [-0.25, -0.2) is 9.07 Å². The maximum Gasteiger partial charge on any atom is 0.305 e. The first-order chi connectivity index (χ1) is 40.2. The fourth-order valence-corrected chi connectivity index (χ4v) is 10.3. The first kappa shape index (κ1) is 60.9. The number of aliphatic carboxylic acids is 1. The number of nitrogens with zero attached hydrogens (tertiary/aromatic N) is 5. The van der Waals surface area contributed by atoms with E-state index in [0.29, 0.717) is 110 Å². The highest BCUT2D eigenvalue weighted by atomic mass is 19.1. The van der Waals surface area contributed by atoms with Crippen molar-refractivity contribution in [1.82, 2.24) is 29.8 Å². The van der Waals surface area contributed by atoms with Gasteiger partial charge in [-0.3, -0.25) is 39.0 Å². The van der Waals surface area contributed by atoms with Gasteiger partial charge in [0, 0.05) is 48.3 Å². The number of hydrogen-bond donors (Lipinski definition) is 6. The number of para-hydroxylation sites is 1. The fourth-order valence-electron chi connectivity index (χ4n) is 10.3. The number of ether oxygens (including phenoxy) is 4. The number of halogens is 1. The minimum Gasteiger partial charge on any atom is -0.494 e. The van der Waals surface area contributed by atoms with Crippen molar-refractivity contribution in [3.63, 3.8) is 0 Å². The minimum absolute atomic E-state index is 0.0452. The van der Waals surface area contributed by atoms with Crippen LogP contribution >= 0.6 is 0 Å². The van der Waals surface area contributed by atoms with E-state index in [2.05, 4.69) is 26.3 Å². The van der Waals surface area contributed by atoms with Gasteiger partial charge in [-0.1, -0.05) is 55.5 Å². The van der Waals surface area contributed by atoms with Crippen molar-refractivity contribution >= 4 is 46.9 Å². The number of carboxylic acid groups (broad SMARTS) is 1. The van der Waals surface area contributed by atoms with E-state index in [1.807, 2.05) is 67.1 Å². The van der Waals surface area contributed by atoms with Gasteiger partial charge in [0.05, 0.1) is 99.5 Å². The van der Waals surface area contributed by atoms with Crippen LogP contribution in [0.4, 0.5) is 15.8 Å². The Balaban J connectivity index is 0.763. The van der Waals surface area contributed by atoms with Crippen LogP contribution in [0.15, 0.2) is 103 Å². The Labute approximate surface area is 480 Å². The first-order valence-corrected chi connectivity index (χ1v) is 28.1. The number of carboxylic acids is 1. The Morgan fingerprint density at radius 3 is 2.25 bits per heavy atom. The molecule has 0 spiro atoms. The van der Waals surface area contributed by atoms with E-state index < -0.39 is 60.1 Å². The number of imide groups is 2. The van der Waals surface area contributed by atoms with Crippen LogP contribution in [-0.2, 0) is 48.1 Å². The summed E-state index contributed by atoms with van der Waals surface area (Å²) in [5, 5.41) is 47.6. The number of fused-ring (bicyclic) bond motifs is 1. The molecule has 0 radical (unpaired) electrons. The zero-order valence-electron chi connectivity index (χ0n) is 46.6. The van der Waals surface area contributed by atoms with Crippen LogP contribution in [0.2, 0.25) is 0 Å². The van der Waals surface area contributed by atoms with Crippen molar-refractivity contribution < 1.29 is 67.4 Å². The van der Waals surface area contributed by atoms with Crippen LogP contribution in [0.5, 0.6) is 5.75 Å². The summed E-state index contributed by atoms with van der Waals surface area (Å²) in [6.07, 6.45) is 2.44. The molecule has 3 atom stereocenters. The monoisotopic (exact) mass is 1140 g/mol. The molecule has 2 aromatic heterocycles. The van der Waals surface area contributed by atoms with Gasteiger partial charge in [0.15, 0.2) is 0 Å². The number of hydrogen-bond acceptors (Lipinski definition) is 15. The summed E-state index contributed by atoms with van der Waals surface area (Å²) in [5.41, 5.74) is 5.92. The van der Waals surface area contributed by atoms with E-state index in [4.69, 9.17) is 18.9 Å². The Bertz CT molecular complexity index is 3200. The van der Waals surface area contributed by atoms with Crippen molar-refractivity contribution in [2.45, 2.75) is 109 Å². The predicted octanol–water partition coefficient (Wildman–Crippen LogP) is 7.26. The molecule has 4 aromatic carbocycles. The minimum atomic E-state index is -1.24. The van der Waals surface area contributed by atoms with Crippen LogP contribution in [0, 0.1) is 5.82 Å². The number of aliphatic hydroxyl groups is 2. The summed E-state index contributed by atoms with van der Waals surface area (Å²) in [5.74, 6) is -3.83. The number of piperidine rings is 1. The Morgan fingerprint density at radius 2 is 1.52 bits per heavy atom. The van der Waals surface area contributed by atoms with Gasteiger partial charge in [-0.2, -0.15) is 0 Å². The summed E-state index contributed by atoms with van der Waals surface area (Å²) in [7, 11) is 0. The van der Waals surface area contributed by atoms with Gasteiger partial charge in [0.1, 0.15) is 17.6 Å². The van der Waals surface area contributed by atoms with Crippen molar-refractivity contribution in [2.24, 2.45) is 0 Å². The molecule has 8 rings (SSSR count). The number of rotatable bonds is 33. The van der Waals surface area contributed by atoms with Crippen LogP contribution < -0.4 is 20.7 Å². The van der Waals surface area contributed by atoms with Crippen molar-refractivity contribution in [3.8, 4) is 28.1 Å². The van der Waals surface area contributed by atoms with E-state index in [1.54, 1.807) is 47.1 Å². The lowest BCUT2D eigenvalue weighted by atomic mass is 9.94. The number of benzene rings is 4. The zero-order chi connectivity index (χ0) is 58.8. The molecule has 22 heteroatoms. The number of carbonyl (C=O) groups excluding carboxylic acids is 5. The summed E-state index contributed by atoms with van der Waals surface area (Å²) >= 11 is 0. The smallest absolute Gasteiger partial charge is 0.305 e. The topological polar surface area (TPSA) is 275 Å². The van der Waals surface area contributed by atoms with E-state index in [-0.39, 0.29) is 55.2 Å². The molecule has 4 heterocycles. The second-order valence-corrected chi connectivity index (χ2v) is 20.6. The third-order valence-electron chi connectivity index (χ3n) is 14.2. The zero-order valence-corrected chi connectivity index (χ0v) is 46.6. The highest BCUT2D eigenvalue weighted by Crippen LogP contribution is 2.44. The first-order valence-electron chi connectivity index (χ1n) is 28.1. The predicted molar refractivity (Wildman–Crippen MR) is 304 cm³/mol. The van der Waals surface area contributed by atoms with Gasteiger partial charge in [-0.05, 0) is 123 Å². The highest BCUT2D eigenvalue weighted by Gasteiger charge is 2.45. The number of anilines is 2. The third-order valence-corrected chi connectivity index (χ3v) is 14.2.